The van der Waals surface area contributed by atoms with Gasteiger partial charge in [-0.25, -0.2) is 0 Å². The zero-order chi connectivity index (χ0) is 16.4. The number of piperidine rings is 1. The molecule has 1 N–H and O–H groups in total. The molecule has 1 aromatic heterocycles. The number of para-hydroxylation sites is 1. The summed E-state index contributed by atoms with van der Waals surface area (Å²) < 4.78 is 5.40. The van der Waals surface area contributed by atoms with Crippen LogP contribution in [0.15, 0.2) is 24.3 Å². The van der Waals surface area contributed by atoms with Gasteiger partial charge in [-0.2, -0.15) is 5.10 Å². The molecular weight excluding hydrogens is 290 g/mol. The summed E-state index contributed by atoms with van der Waals surface area (Å²) in [5, 5.41) is 8.82. The summed E-state index contributed by atoms with van der Waals surface area (Å²) in [5.74, 6) is 0.347. The van der Waals surface area contributed by atoms with E-state index in [1.807, 2.05) is 32.9 Å². The molecule has 0 aliphatic carbocycles. The monoisotopic (exact) mass is 315 g/mol. The van der Waals surface area contributed by atoms with Crippen molar-refractivity contribution in [3.8, 4) is 0 Å². The summed E-state index contributed by atoms with van der Waals surface area (Å²) in [6.45, 7) is 7.92. The Morgan fingerprint density at radius 1 is 1.30 bits per heavy atom. The number of benzene rings is 1. The fraction of sp³-hybridized carbons (Fsp3) is 0.556. The molecule has 0 saturated carbocycles. The third-order valence-electron chi connectivity index (χ3n) is 4.26. The van der Waals surface area contributed by atoms with Gasteiger partial charge in [0.05, 0.1) is 12.1 Å². The van der Waals surface area contributed by atoms with E-state index in [0.717, 1.165) is 31.4 Å². The van der Waals surface area contributed by atoms with E-state index in [9.17, 15) is 4.79 Å². The molecule has 1 aliphatic heterocycles. The maximum atomic E-state index is 11.9. The number of carbonyl (C=O) groups excluding carboxylic acids is 1. The highest BCUT2D eigenvalue weighted by Crippen LogP contribution is 2.31. The second-order valence-electron chi connectivity index (χ2n) is 7.29. The highest BCUT2D eigenvalue weighted by atomic mass is 16.6. The number of nitrogens with zero attached hydrogens (tertiary/aromatic N) is 2. The van der Waals surface area contributed by atoms with Crippen LogP contribution in [0.2, 0.25) is 0 Å². The van der Waals surface area contributed by atoms with E-state index >= 15 is 0 Å². The summed E-state index contributed by atoms with van der Waals surface area (Å²) in [4.78, 5) is 14.1. The summed E-state index contributed by atoms with van der Waals surface area (Å²) in [5.41, 5.74) is 1.85. The van der Waals surface area contributed by atoms with Gasteiger partial charge < -0.3 is 4.74 Å². The van der Waals surface area contributed by atoms with Crippen LogP contribution in [0.5, 0.6) is 0 Å². The molecule has 2 aromatic rings. The summed E-state index contributed by atoms with van der Waals surface area (Å²) in [6.07, 6.45) is 2.07. The lowest BCUT2D eigenvalue weighted by Crippen LogP contribution is -2.39. The van der Waals surface area contributed by atoms with Gasteiger partial charge in [0.25, 0.3) is 0 Å². The molecule has 5 heteroatoms. The van der Waals surface area contributed by atoms with E-state index in [4.69, 9.17) is 4.74 Å². The zero-order valence-corrected chi connectivity index (χ0v) is 14.1. The Morgan fingerprint density at radius 2 is 2.00 bits per heavy atom. The molecule has 0 atom stereocenters. The molecule has 1 aromatic carbocycles. The predicted octanol–water partition coefficient (Wildman–Crippen LogP) is 3.08. The van der Waals surface area contributed by atoms with E-state index in [1.54, 1.807) is 0 Å². The molecule has 0 unspecified atom stereocenters. The average Bonchev–Trinajstić information content (AvgIpc) is 2.90. The predicted molar refractivity (Wildman–Crippen MR) is 90.4 cm³/mol. The van der Waals surface area contributed by atoms with Crippen LogP contribution in [-0.4, -0.2) is 46.3 Å². The first-order chi connectivity index (χ1) is 10.9. The first kappa shape index (κ1) is 16.0. The first-order valence-electron chi connectivity index (χ1n) is 8.29. The largest absolute Gasteiger partial charge is 0.459 e. The van der Waals surface area contributed by atoms with Gasteiger partial charge in [-0.15, -0.1) is 0 Å². The highest BCUT2D eigenvalue weighted by molar-refractivity contribution is 5.81. The number of likely N-dealkylation sites (tertiary alicyclic amines) is 1. The molecule has 5 nitrogen and oxygen atoms in total. The fourth-order valence-corrected chi connectivity index (χ4v) is 3.23. The van der Waals surface area contributed by atoms with Crippen molar-refractivity contribution in [2.45, 2.75) is 45.1 Å². The molecule has 1 saturated heterocycles. The second-order valence-corrected chi connectivity index (χ2v) is 7.29. The van der Waals surface area contributed by atoms with Crippen molar-refractivity contribution in [1.29, 1.82) is 0 Å². The smallest absolute Gasteiger partial charge is 0.320 e. The summed E-state index contributed by atoms with van der Waals surface area (Å²) in [7, 11) is 0. The number of H-pyrrole nitrogens is 1. The van der Waals surface area contributed by atoms with Gasteiger partial charge in [-0.1, -0.05) is 18.2 Å². The van der Waals surface area contributed by atoms with Gasteiger partial charge in [-0.05, 0) is 52.8 Å². The first-order valence-corrected chi connectivity index (χ1v) is 8.29. The molecule has 1 fully saturated rings. The lowest BCUT2D eigenvalue weighted by molar-refractivity contribution is -0.156. The Morgan fingerprint density at radius 3 is 2.70 bits per heavy atom. The van der Waals surface area contributed by atoms with E-state index in [-0.39, 0.29) is 5.97 Å². The van der Waals surface area contributed by atoms with Crippen molar-refractivity contribution < 1.29 is 9.53 Å². The molecular formula is C18H25N3O2. The molecule has 0 spiro atoms. The van der Waals surface area contributed by atoms with Crippen LogP contribution >= 0.6 is 0 Å². The number of ether oxygens (including phenoxy) is 1. The lowest BCUT2D eigenvalue weighted by Gasteiger charge is -2.31. The van der Waals surface area contributed by atoms with Crippen molar-refractivity contribution in [3.05, 3.63) is 30.0 Å². The number of fused-ring (bicyclic) bond motifs is 1. The minimum Gasteiger partial charge on any atom is -0.459 e. The van der Waals surface area contributed by atoms with E-state index in [0.29, 0.717) is 12.5 Å². The van der Waals surface area contributed by atoms with Gasteiger partial charge in [0.2, 0.25) is 0 Å². The van der Waals surface area contributed by atoms with Crippen LogP contribution in [0.3, 0.4) is 0 Å². The Bertz CT molecular complexity index is 679. The van der Waals surface area contributed by atoms with Crippen molar-refractivity contribution >= 4 is 16.9 Å². The maximum absolute atomic E-state index is 11.9. The number of esters is 1. The maximum Gasteiger partial charge on any atom is 0.320 e. The number of nitrogens with one attached hydrogen (secondary N) is 1. The van der Waals surface area contributed by atoms with Gasteiger partial charge in [0, 0.05) is 17.0 Å². The number of hydrogen-bond donors (Lipinski definition) is 1. The van der Waals surface area contributed by atoms with E-state index in [1.165, 1.54) is 11.1 Å². The van der Waals surface area contributed by atoms with Crippen LogP contribution < -0.4 is 0 Å². The molecule has 3 rings (SSSR count). The Balaban J connectivity index is 1.57. The number of aromatic amines is 1. The van der Waals surface area contributed by atoms with Gasteiger partial charge >= 0.3 is 5.97 Å². The normalized spacial score (nSPS) is 17.5. The summed E-state index contributed by atoms with van der Waals surface area (Å²) >= 11 is 0. The van der Waals surface area contributed by atoms with Crippen molar-refractivity contribution in [1.82, 2.24) is 15.1 Å². The van der Waals surface area contributed by atoms with Crippen LogP contribution in [0, 0.1) is 0 Å². The zero-order valence-electron chi connectivity index (χ0n) is 14.1. The average molecular weight is 315 g/mol. The molecule has 124 valence electrons. The molecule has 2 heterocycles. The Kier molecular flexibility index (Phi) is 4.39. The lowest BCUT2D eigenvalue weighted by atomic mass is 9.91. The SMILES string of the molecule is CC(C)(C)OC(=O)CN1CCC(c2[nH]nc3ccccc23)CC1. The number of carbonyl (C=O) groups is 1. The quantitative estimate of drug-likeness (QED) is 0.884. The van der Waals surface area contributed by atoms with E-state index < -0.39 is 5.60 Å². The molecule has 0 bridgehead atoms. The van der Waals surface area contributed by atoms with Crippen LogP contribution in [-0.2, 0) is 9.53 Å². The van der Waals surface area contributed by atoms with Crippen LogP contribution in [0.25, 0.3) is 10.9 Å². The van der Waals surface area contributed by atoms with E-state index in [2.05, 4.69) is 27.2 Å². The standard InChI is InChI=1S/C18H25N3O2/c1-18(2,3)23-16(22)12-21-10-8-13(9-11-21)17-14-6-4-5-7-15(14)19-20-17/h4-7,13H,8-12H2,1-3H3,(H,19,20). The minimum atomic E-state index is -0.412. The molecule has 0 amide bonds. The van der Waals surface area contributed by atoms with Gasteiger partial charge in [0.15, 0.2) is 0 Å². The fourth-order valence-electron chi connectivity index (χ4n) is 3.23. The molecule has 0 radical (unpaired) electrons. The van der Waals surface area contributed by atoms with Crippen molar-refractivity contribution in [2.24, 2.45) is 0 Å². The van der Waals surface area contributed by atoms with Gasteiger partial charge in [0.1, 0.15) is 5.60 Å². The Labute approximate surface area is 137 Å². The van der Waals surface area contributed by atoms with Crippen molar-refractivity contribution in [2.75, 3.05) is 19.6 Å². The molecule has 23 heavy (non-hydrogen) atoms. The van der Waals surface area contributed by atoms with Crippen LogP contribution in [0.1, 0.15) is 45.2 Å². The third kappa shape index (κ3) is 3.91. The van der Waals surface area contributed by atoms with Gasteiger partial charge in [-0.3, -0.25) is 14.8 Å². The van der Waals surface area contributed by atoms with Crippen molar-refractivity contribution in [3.63, 3.8) is 0 Å². The minimum absolute atomic E-state index is 0.136. The third-order valence-corrected chi connectivity index (χ3v) is 4.26. The number of aromatic nitrogens is 2. The number of rotatable bonds is 3. The molecule has 1 aliphatic rings. The summed E-state index contributed by atoms with van der Waals surface area (Å²) in [6, 6.07) is 8.23. The highest BCUT2D eigenvalue weighted by Gasteiger charge is 2.26. The topological polar surface area (TPSA) is 58.2 Å². The second kappa shape index (κ2) is 6.32. The Hall–Kier alpha value is -1.88. The number of hydrogen-bond acceptors (Lipinski definition) is 4. The van der Waals surface area contributed by atoms with Crippen LogP contribution in [0.4, 0.5) is 0 Å².